The minimum atomic E-state index is -0.239. The third-order valence-corrected chi connectivity index (χ3v) is 11.0. The summed E-state index contributed by atoms with van der Waals surface area (Å²) in [5.74, 6) is 0. The smallest absolute Gasteiger partial charge is 0.159 e. The molecular formula is C50H35NO. The fraction of sp³-hybridized carbons (Fsp3) is 0.0400. The van der Waals surface area contributed by atoms with Crippen LogP contribution in [0.5, 0.6) is 0 Å². The Hall–Kier alpha value is -6.64. The van der Waals surface area contributed by atoms with Gasteiger partial charge in [-0.15, -0.1) is 0 Å². The first kappa shape index (κ1) is 30.2. The van der Waals surface area contributed by atoms with Gasteiger partial charge in [-0.3, -0.25) is 0 Å². The van der Waals surface area contributed by atoms with Crippen LogP contribution in [0.4, 0.5) is 17.1 Å². The Morgan fingerprint density at radius 2 is 0.942 bits per heavy atom. The fourth-order valence-corrected chi connectivity index (χ4v) is 8.35. The molecule has 0 atom stereocenters. The predicted octanol–water partition coefficient (Wildman–Crippen LogP) is 13.7. The van der Waals surface area contributed by atoms with Crippen LogP contribution in [-0.2, 0) is 5.41 Å². The molecule has 9 aromatic rings. The Kier molecular flexibility index (Phi) is 6.97. The summed E-state index contributed by atoms with van der Waals surface area (Å²) in [4.78, 5) is 2.31. The molecule has 0 aliphatic heterocycles. The molecular weight excluding hydrogens is 631 g/mol. The van der Waals surface area contributed by atoms with E-state index in [0.717, 1.165) is 39.0 Å². The molecule has 0 spiro atoms. The van der Waals surface area contributed by atoms with Crippen molar-refractivity contribution in [1.29, 1.82) is 0 Å². The van der Waals surface area contributed by atoms with Crippen LogP contribution < -0.4 is 4.90 Å². The number of fused-ring (bicyclic) bond motifs is 6. The van der Waals surface area contributed by atoms with Gasteiger partial charge in [-0.05, 0) is 99.5 Å². The second kappa shape index (κ2) is 12.0. The van der Waals surface area contributed by atoms with Gasteiger partial charge in [0.2, 0.25) is 0 Å². The van der Waals surface area contributed by atoms with Crippen molar-refractivity contribution in [2.75, 3.05) is 4.90 Å². The second-order valence-electron chi connectivity index (χ2n) is 13.8. The molecule has 0 bridgehead atoms. The van der Waals surface area contributed by atoms with Crippen molar-refractivity contribution in [2.24, 2.45) is 0 Å². The Bertz CT molecular complexity index is 2690. The normalized spacial score (nSPS) is 12.9. The third-order valence-electron chi connectivity index (χ3n) is 11.0. The zero-order valence-corrected chi connectivity index (χ0v) is 28.8. The number of para-hydroxylation sites is 2. The lowest BCUT2D eigenvalue weighted by Gasteiger charge is -2.29. The minimum Gasteiger partial charge on any atom is -0.454 e. The summed E-state index contributed by atoms with van der Waals surface area (Å²) in [7, 11) is 0. The van der Waals surface area contributed by atoms with Crippen LogP contribution in [0.1, 0.15) is 23.6 Å². The number of anilines is 3. The number of nitrogens with zero attached hydrogens (tertiary/aromatic N) is 1. The highest BCUT2D eigenvalue weighted by Crippen LogP contribution is 2.52. The maximum atomic E-state index is 6.57. The highest BCUT2D eigenvalue weighted by atomic mass is 16.3. The van der Waals surface area contributed by atoms with Gasteiger partial charge in [0.1, 0.15) is 5.58 Å². The van der Waals surface area contributed by atoms with Crippen molar-refractivity contribution >= 4 is 39.0 Å². The van der Waals surface area contributed by atoms with Gasteiger partial charge in [-0.1, -0.05) is 152 Å². The second-order valence-corrected chi connectivity index (χ2v) is 13.8. The van der Waals surface area contributed by atoms with Gasteiger partial charge < -0.3 is 9.32 Å². The SMILES string of the molecule is CC1(c2cccc(-c3ccc(N(c4ccc(-c5ccccc5)cc4)c4cccc5c4oc4ccccc45)cc3)c2)c2ccccc2-c2ccccc21. The van der Waals surface area contributed by atoms with Gasteiger partial charge in [-0.25, -0.2) is 0 Å². The van der Waals surface area contributed by atoms with Crippen molar-refractivity contribution in [3.05, 3.63) is 211 Å². The van der Waals surface area contributed by atoms with Crippen LogP contribution >= 0.6 is 0 Å². The number of hydrogen-bond acceptors (Lipinski definition) is 2. The number of hydrogen-bond donors (Lipinski definition) is 0. The molecule has 1 aromatic heterocycles. The topological polar surface area (TPSA) is 16.4 Å². The lowest BCUT2D eigenvalue weighted by Crippen LogP contribution is -2.22. The van der Waals surface area contributed by atoms with Gasteiger partial charge in [0.05, 0.1) is 5.69 Å². The Morgan fingerprint density at radius 3 is 1.63 bits per heavy atom. The summed E-state index contributed by atoms with van der Waals surface area (Å²) in [6, 6.07) is 69.9. The van der Waals surface area contributed by atoms with Gasteiger partial charge in [0.25, 0.3) is 0 Å². The monoisotopic (exact) mass is 665 g/mol. The lowest BCUT2D eigenvalue weighted by atomic mass is 9.74. The average molecular weight is 666 g/mol. The van der Waals surface area contributed by atoms with Crippen LogP contribution in [-0.4, -0.2) is 0 Å². The maximum absolute atomic E-state index is 6.57. The van der Waals surface area contributed by atoms with E-state index in [0.29, 0.717) is 0 Å². The van der Waals surface area contributed by atoms with Crippen molar-refractivity contribution in [2.45, 2.75) is 12.3 Å². The van der Waals surface area contributed by atoms with Crippen molar-refractivity contribution in [3.63, 3.8) is 0 Å². The molecule has 0 amide bonds. The van der Waals surface area contributed by atoms with Crippen LogP contribution in [0.2, 0.25) is 0 Å². The van der Waals surface area contributed by atoms with E-state index in [1.165, 1.54) is 50.1 Å². The van der Waals surface area contributed by atoms with E-state index in [4.69, 9.17) is 4.42 Å². The van der Waals surface area contributed by atoms with E-state index in [1.54, 1.807) is 0 Å². The molecule has 1 aliphatic rings. The Morgan fingerprint density at radius 1 is 0.423 bits per heavy atom. The molecule has 0 N–H and O–H groups in total. The molecule has 2 nitrogen and oxygen atoms in total. The number of furan rings is 1. The van der Waals surface area contributed by atoms with E-state index < -0.39 is 0 Å². The summed E-state index contributed by atoms with van der Waals surface area (Å²) < 4.78 is 6.57. The first-order valence-corrected chi connectivity index (χ1v) is 17.9. The fourth-order valence-electron chi connectivity index (χ4n) is 8.35. The molecule has 0 unspecified atom stereocenters. The van der Waals surface area contributed by atoms with Crippen molar-refractivity contribution in [3.8, 4) is 33.4 Å². The summed E-state index contributed by atoms with van der Waals surface area (Å²) in [6.07, 6.45) is 0. The summed E-state index contributed by atoms with van der Waals surface area (Å²) in [5.41, 5.74) is 16.1. The maximum Gasteiger partial charge on any atom is 0.159 e. The van der Waals surface area contributed by atoms with Gasteiger partial charge >= 0.3 is 0 Å². The number of benzene rings is 8. The van der Waals surface area contributed by atoms with E-state index in [1.807, 2.05) is 12.1 Å². The molecule has 0 saturated heterocycles. The predicted molar refractivity (Wildman–Crippen MR) is 217 cm³/mol. The van der Waals surface area contributed by atoms with Gasteiger partial charge in [0.15, 0.2) is 5.58 Å². The van der Waals surface area contributed by atoms with Crippen molar-refractivity contribution < 1.29 is 4.42 Å². The Balaban J connectivity index is 1.07. The molecule has 8 aromatic carbocycles. The van der Waals surface area contributed by atoms with Crippen LogP contribution in [0.25, 0.3) is 55.3 Å². The van der Waals surface area contributed by atoms with E-state index >= 15 is 0 Å². The molecule has 0 radical (unpaired) electrons. The van der Waals surface area contributed by atoms with E-state index in [9.17, 15) is 0 Å². The summed E-state index contributed by atoms with van der Waals surface area (Å²) >= 11 is 0. The van der Waals surface area contributed by atoms with E-state index in [-0.39, 0.29) is 5.41 Å². The van der Waals surface area contributed by atoms with Crippen LogP contribution in [0, 0.1) is 0 Å². The van der Waals surface area contributed by atoms with E-state index in [2.05, 4.69) is 194 Å². The Labute approximate surface area is 303 Å². The highest BCUT2D eigenvalue weighted by Gasteiger charge is 2.40. The largest absolute Gasteiger partial charge is 0.454 e. The molecule has 0 fully saturated rings. The standard InChI is InChI=1S/C50H35NO/c1-50(45-21-8-5-17-41(45)42-18-6-9-22-46(42)50)38-16-11-15-37(33-38)36-27-31-40(32-28-36)51(39-29-25-35(26-30-39)34-13-3-2-4-14-34)47-23-12-20-44-43-19-7-10-24-48(43)52-49(44)47/h2-33H,1H3. The lowest BCUT2D eigenvalue weighted by molar-refractivity contribution is 0.669. The molecule has 1 heterocycles. The van der Waals surface area contributed by atoms with Crippen LogP contribution in [0.3, 0.4) is 0 Å². The molecule has 246 valence electrons. The zero-order chi connectivity index (χ0) is 34.6. The van der Waals surface area contributed by atoms with Gasteiger partial charge in [0, 0.05) is 27.6 Å². The van der Waals surface area contributed by atoms with Crippen molar-refractivity contribution in [1.82, 2.24) is 0 Å². The zero-order valence-electron chi connectivity index (χ0n) is 28.8. The number of rotatable bonds is 6. The quantitative estimate of drug-likeness (QED) is 0.176. The summed E-state index contributed by atoms with van der Waals surface area (Å²) in [6.45, 7) is 2.37. The molecule has 0 saturated carbocycles. The average Bonchev–Trinajstić information content (AvgIpc) is 3.73. The first-order chi connectivity index (χ1) is 25.7. The minimum absolute atomic E-state index is 0.239. The molecule has 1 aliphatic carbocycles. The third kappa shape index (κ3) is 4.72. The first-order valence-electron chi connectivity index (χ1n) is 17.9. The van der Waals surface area contributed by atoms with Crippen LogP contribution in [0.15, 0.2) is 199 Å². The highest BCUT2D eigenvalue weighted by molar-refractivity contribution is 6.10. The summed E-state index contributed by atoms with van der Waals surface area (Å²) in [5, 5.41) is 2.23. The van der Waals surface area contributed by atoms with Gasteiger partial charge in [-0.2, -0.15) is 0 Å². The molecule has 10 rings (SSSR count). The molecule has 2 heteroatoms. The molecule has 52 heavy (non-hydrogen) atoms.